The standard InChI is InChI=1S/C21H27N5S/c1-2-6-18(7-3-1)16-26-13-11-25(12-14-26)10-4-5-15-27-21-19-8-9-22-20(19)23-17-24-21/h1-3,6-9,17H,4-5,10-16H2,(H,22,23,24). The Bertz CT molecular complexity index is 827. The molecule has 0 amide bonds. The van der Waals surface area contributed by atoms with Crippen molar-refractivity contribution < 1.29 is 0 Å². The predicted octanol–water partition coefficient (Wildman–Crippen LogP) is 3.65. The van der Waals surface area contributed by atoms with Gasteiger partial charge in [0, 0.05) is 38.9 Å². The largest absolute Gasteiger partial charge is 0.346 e. The first-order valence-electron chi connectivity index (χ1n) is 9.78. The molecule has 27 heavy (non-hydrogen) atoms. The number of thioether (sulfide) groups is 1. The minimum Gasteiger partial charge on any atom is -0.346 e. The van der Waals surface area contributed by atoms with E-state index in [4.69, 9.17) is 0 Å². The summed E-state index contributed by atoms with van der Waals surface area (Å²) >= 11 is 1.84. The zero-order valence-electron chi connectivity index (χ0n) is 15.7. The molecule has 1 aliphatic heterocycles. The Morgan fingerprint density at radius 2 is 1.74 bits per heavy atom. The zero-order chi connectivity index (χ0) is 18.3. The normalized spacial score (nSPS) is 16.1. The maximum absolute atomic E-state index is 4.43. The molecule has 0 bridgehead atoms. The summed E-state index contributed by atoms with van der Waals surface area (Å²) in [6.45, 7) is 7.03. The predicted molar refractivity (Wildman–Crippen MR) is 112 cm³/mol. The summed E-state index contributed by atoms with van der Waals surface area (Å²) in [4.78, 5) is 17.0. The molecule has 1 fully saturated rings. The number of aromatic nitrogens is 3. The quantitative estimate of drug-likeness (QED) is 0.367. The van der Waals surface area contributed by atoms with Crippen LogP contribution >= 0.6 is 11.8 Å². The number of H-pyrrole nitrogens is 1. The fourth-order valence-electron chi connectivity index (χ4n) is 3.58. The monoisotopic (exact) mass is 381 g/mol. The van der Waals surface area contributed by atoms with Crippen LogP contribution in [0, 0.1) is 0 Å². The van der Waals surface area contributed by atoms with Gasteiger partial charge in [-0.05, 0) is 36.8 Å². The molecule has 4 rings (SSSR count). The highest BCUT2D eigenvalue weighted by Crippen LogP contribution is 2.24. The summed E-state index contributed by atoms with van der Waals surface area (Å²) < 4.78 is 0. The van der Waals surface area contributed by atoms with Crippen molar-refractivity contribution in [1.82, 2.24) is 24.8 Å². The van der Waals surface area contributed by atoms with Crippen molar-refractivity contribution in [3.63, 3.8) is 0 Å². The number of fused-ring (bicyclic) bond motifs is 1. The molecule has 3 aromatic rings. The number of piperazine rings is 1. The average molecular weight is 382 g/mol. The molecule has 142 valence electrons. The highest BCUT2D eigenvalue weighted by Gasteiger charge is 2.16. The second-order valence-corrected chi connectivity index (χ2v) is 8.16. The minimum atomic E-state index is 0.931. The second kappa shape index (κ2) is 9.35. The Kier molecular flexibility index (Phi) is 6.40. The molecule has 0 aliphatic carbocycles. The van der Waals surface area contributed by atoms with Gasteiger partial charge in [0.25, 0.3) is 0 Å². The topological polar surface area (TPSA) is 48.1 Å². The Morgan fingerprint density at radius 3 is 2.59 bits per heavy atom. The molecule has 1 saturated heterocycles. The molecule has 1 aromatic carbocycles. The lowest BCUT2D eigenvalue weighted by molar-refractivity contribution is 0.126. The Balaban J connectivity index is 1.12. The molecule has 5 nitrogen and oxygen atoms in total. The number of nitrogens with one attached hydrogen (secondary N) is 1. The lowest BCUT2D eigenvalue weighted by atomic mass is 10.2. The molecule has 1 N–H and O–H groups in total. The van der Waals surface area contributed by atoms with Gasteiger partial charge in [-0.25, -0.2) is 9.97 Å². The van der Waals surface area contributed by atoms with Gasteiger partial charge in [-0.3, -0.25) is 4.90 Å². The molecular weight excluding hydrogens is 354 g/mol. The molecule has 0 unspecified atom stereocenters. The lowest BCUT2D eigenvalue weighted by Crippen LogP contribution is -2.46. The van der Waals surface area contributed by atoms with Crippen molar-refractivity contribution in [2.75, 3.05) is 38.5 Å². The molecule has 0 saturated carbocycles. The second-order valence-electron chi connectivity index (χ2n) is 7.08. The van der Waals surface area contributed by atoms with E-state index in [1.807, 2.05) is 18.0 Å². The smallest absolute Gasteiger partial charge is 0.141 e. The first kappa shape index (κ1) is 18.5. The fraction of sp³-hybridized carbons (Fsp3) is 0.429. The summed E-state index contributed by atoms with van der Waals surface area (Å²) in [6, 6.07) is 12.9. The van der Waals surface area contributed by atoms with Gasteiger partial charge in [0.1, 0.15) is 17.0 Å². The van der Waals surface area contributed by atoms with E-state index in [9.17, 15) is 0 Å². The molecular formula is C21H27N5S. The molecule has 0 radical (unpaired) electrons. The van der Waals surface area contributed by atoms with Gasteiger partial charge in [-0.1, -0.05) is 30.3 Å². The number of hydrogen-bond acceptors (Lipinski definition) is 5. The number of benzene rings is 1. The Labute approximate surface area is 165 Å². The Morgan fingerprint density at radius 1 is 0.926 bits per heavy atom. The first-order chi connectivity index (χ1) is 13.4. The van der Waals surface area contributed by atoms with Crippen LogP contribution in [0.15, 0.2) is 53.9 Å². The van der Waals surface area contributed by atoms with Crippen molar-refractivity contribution in [2.24, 2.45) is 0 Å². The SMILES string of the molecule is c1ccc(CN2CCN(CCCCSc3ncnc4[nH]ccc34)CC2)cc1. The van der Waals surface area contributed by atoms with E-state index in [1.165, 1.54) is 51.1 Å². The summed E-state index contributed by atoms with van der Waals surface area (Å²) in [5, 5.41) is 2.23. The third kappa shape index (κ3) is 5.09. The summed E-state index contributed by atoms with van der Waals surface area (Å²) in [5.74, 6) is 1.12. The van der Waals surface area contributed by atoms with Crippen LogP contribution in [0.5, 0.6) is 0 Å². The van der Waals surface area contributed by atoms with Crippen molar-refractivity contribution in [1.29, 1.82) is 0 Å². The number of rotatable bonds is 8. The third-order valence-electron chi connectivity index (χ3n) is 5.14. The average Bonchev–Trinajstić information content (AvgIpc) is 3.19. The van der Waals surface area contributed by atoms with E-state index in [0.29, 0.717) is 0 Å². The third-order valence-corrected chi connectivity index (χ3v) is 6.23. The molecule has 0 atom stereocenters. The summed E-state index contributed by atoms with van der Waals surface area (Å²) in [6.07, 6.45) is 6.06. The van der Waals surface area contributed by atoms with Gasteiger partial charge in [0.2, 0.25) is 0 Å². The van der Waals surface area contributed by atoms with E-state index < -0.39 is 0 Å². The number of hydrogen-bond donors (Lipinski definition) is 1. The fourth-order valence-corrected chi connectivity index (χ4v) is 4.57. The molecule has 1 aliphatic rings. The van der Waals surface area contributed by atoms with E-state index >= 15 is 0 Å². The van der Waals surface area contributed by atoms with Gasteiger partial charge in [-0.2, -0.15) is 0 Å². The van der Waals surface area contributed by atoms with Crippen LogP contribution in [-0.2, 0) is 6.54 Å². The first-order valence-corrected chi connectivity index (χ1v) is 10.8. The van der Waals surface area contributed by atoms with Crippen molar-refractivity contribution >= 4 is 22.8 Å². The van der Waals surface area contributed by atoms with Crippen LogP contribution in [0.1, 0.15) is 18.4 Å². The highest BCUT2D eigenvalue weighted by atomic mass is 32.2. The molecule has 3 heterocycles. The number of unbranched alkanes of at least 4 members (excludes halogenated alkanes) is 1. The molecule has 2 aromatic heterocycles. The lowest BCUT2D eigenvalue weighted by Gasteiger charge is -2.34. The van der Waals surface area contributed by atoms with Gasteiger partial charge < -0.3 is 9.88 Å². The van der Waals surface area contributed by atoms with Gasteiger partial charge in [-0.15, -0.1) is 11.8 Å². The van der Waals surface area contributed by atoms with E-state index in [2.05, 4.69) is 61.1 Å². The molecule has 0 spiro atoms. The number of nitrogens with zero attached hydrogens (tertiary/aromatic N) is 4. The highest BCUT2D eigenvalue weighted by molar-refractivity contribution is 7.99. The van der Waals surface area contributed by atoms with Crippen molar-refractivity contribution in [3.8, 4) is 0 Å². The van der Waals surface area contributed by atoms with Crippen LogP contribution in [0.4, 0.5) is 0 Å². The van der Waals surface area contributed by atoms with Crippen LogP contribution < -0.4 is 0 Å². The van der Waals surface area contributed by atoms with Crippen molar-refractivity contribution in [2.45, 2.75) is 24.4 Å². The zero-order valence-corrected chi connectivity index (χ0v) is 16.5. The van der Waals surface area contributed by atoms with Gasteiger partial charge in [0.15, 0.2) is 0 Å². The van der Waals surface area contributed by atoms with E-state index in [1.54, 1.807) is 6.33 Å². The van der Waals surface area contributed by atoms with E-state index in [-0.39, 0.29) is 0 Å². The van der Waals surface area contributed by atoms with Crippen LogP contribution in [0.3, 0.4) is 0 Å². The summed E-state index contributed by atoms with van der Waals surface area (Å²) in [5.41, 5.74) is 2.35. The van der Waals surface area contributed by atoms with Gasteiger partial charge >= 0.3 is 0 Å². The van der Waals surface area contributed by atoms with Crippen LogP contribution in [0.2, 0.25) is 0 Å². The van der Waals surface area contributed by atoms with E-state index in [0.717, 1.165) is 28.4 Å². The summed E-state index contributed by atoms with van der Waals surface area (Å²) in [7, 11) is 0. The van der Waals surface area contributed by atoms with Crippen molar-refractivity contribution in [3.05, 3.63) is 54.5 Å². The maximum Gasteiger partial charge on any atom is 0.141 e. The maximum atomic E-state index is 4.43. The van der Waals surface area contributed by atoms with Gasteiger partial charge in [0.05, 0.1) is 5.39 Å². The van der Waals surface area contributed by atoms with Crippen LogP contribution in [0.25, 0.3) is 11.0 Å². The number of aromatic amines is 1. The minimum absolute atomic E-state index is 0.931. The van der Waals surface area contributed by atoms with Crippen LogP contribution in [-0.4, -0.2) is 63.2 Å². The molecule has 6 heteroatoms. The Hall–Kier alpha value is -1.89.